The van der Waals surface area contributed by atoms with Crippen LogP contribution in [0.25, 0.3) is 22.4 Å². The van der Waals surface area contributed by atoms with E-state index >= 15 is 0 Å². The maximum Gasteiger partial charge on any atom is 0.453 e. The van der Waals surface area contributed by atoms with Crippen molar-refractivity contribution in [3.8, 4) is 22.4 Å². The van der Waals surface area contributed by atoms with E-state index in [1.807, 2.05) is 0 Å². The highest BCUT2D eigenvalue weighted by molar-refractivity contribution is 7.89. The lowest BCUT2D eigenvalue weighted by atomic mass is 9.97. The minimum Gasteiger partial charge on any atom is -0.350 e. The van der Waals surface area contributed by atoms with Crippen molar-refractivity contribution in [1.29, 1.82) is 0 Å². The van der Waals surface area contributed by atoms with Gasteiger partial charge >= 0.3 is 6.18 Å². The van der Waals surface area contributed by atoms with Crippen LogP contribution in [0.1, 0.15) is 11.3 Å². The first-order valence-corrected chi connectivity index (χ1v) is 9.10. The maximum absolute atomic E-state index is 14.5. The predicted molar refractivity (Wildman–Crippen MR) is 88.4 cm³/mol. The van der Waals surface area contributed by atoms with E-state index in [0.717, 1.165) is 0 Å². The number of nitrogens with zero attached hydrogens (tertiary/aromatic N) is 1. The van der Waals surface area contributed by atoms with Gasteiger partial charge in [0.25, 0.3) is 0 Å². The Morgan fingerprint density at radius 2 is 1.75 bits per heavy atom. The van der Waals surface area contributed by atoms with Crippen molar-refractivity contribution in [2.24, 2.45) is 5.14 Å². The minimum atomic E-state index is -5.06. The minimum absolute atomic E-state index is 0.171. The number of hydrogen-bond donors (Lipinski definition) is 1. The molecule has 28 heavy (non-hydrogen) atoms. The third kappa shape index (κ3) is 3.62. The molecule has 3 aromatic rings. The van der Waals surface area contributed by atoms with Crippen molar-refractivity contribution >= 4 is 10.0 Å². The van der Waals surface area contributed by atoms with Crippen LogP contribution in [0.15, 0.2) is 45.8 Å². The summed E-state index contributed by atoms with van der Waals surface area (Å²) in [7, 11) is -4.62. The van der Waals surface area contributed by atoms with Crippen LogP contribution in [-0.4, -0.2) is 13.6 Å². The van der Waals surface area contributed by atoms with Gasteiger partial charge in [-0.2, -0.15) is 13.2 Å². The van der Waals surface area contributed by atoms with Gasteiger partial charge in [-0.15, -0.1) is 0 Å². The second-order valence-electron chi connectivity index (χ2n) is 5.91. The number of alkyl halides is 3. The standard InChI is InChI=1S/C17H11F5N2O3S/c1-8-3-2-4-9(5-8)15-14(16(27-24-15)17(20,21)22)10-6-12(19)13(7-11(10)18)28(23,25)26/h2-7H,1H3,(H2,23,25,26). The van der Waals surface area contributed by atoms with E-state index < -0.39 is 49.6 Å². The van der Waals surface area contributed by atoms with Gasteiger partial charge in [0, 0.05) is 11.1 Å². The molecule has 0 unspecified atom stereocenters. The summed E-state index contributed by atoms with van der Waals surface area (Å²) < 4.78 is 95.9. The monoisotopic (exact) mass is 418 g/mol. The molecule has 1 heterocycles. The normalized spacial score (nSPS) is 12.4. The van der Waals surface area contributed by atoms with Crippen LogP contribution < -0.4 is 5.14 Å². The Kier molecular flexibility index (Phi) is 4.76. The summed E-state index contributed by atoms with van der Waals surface area (Å²) in [6.07, 6.45) is -5.06. The summed E-state index contributed by atoms with van der Waals surface area (Å²) in [5, 5.41) is 8.17. The van der Waals surface area contributed by atoms with Crippen molar-refractivity contribution in [2.75, 3.05) is 0 Å². The van der Waals surface area contributed by atoms with Crippen LogP contribution in [0.5, 0.6) is 0 Å². The van der Waals surface area contributed by atoms with Gasteiger partial charge < -0.3 is 4.52 Å². The number of hydrogen-bond acceptors (Lipinski definition) is 4. The summed E-state index contributed by atoms with van der Waals surface area (Å²) >= 11 is 0. The topological polar surface area (TPSA) is 86.2 Å². The van der Waals surface area contributed by atoms with Gasteiger partial charge in [0.2, 0.25) is 15.8 Å². The molecular weight excluding hydrogens is 407 g/mol. The molecule has 0 atom stereocenters. The molecule has 2 N–H and O–H groups in total. The van der Waals surface area contributed by atoms with E-state index in [1.54, 1.807) is 13.0 Å². The van der Waals surface area contributed by atoms with Gasteiger partial charge in [0.05, 0.1) is 5.56 Å². The first-order chi connectivity index (χ1) is 12.9. The number of aromatic nitrogens is 1. The highest BCUT2D eigenvalue weighted by Gasteiger charge is 2.42. The summed E-state index contributed by atoms with van der Waals surface area (Å²) in [4.78, 5) is -1.18. The average molecular weight is 418 g/mol. The molecule has 3 rings (SSSR count). The van der Waals surface area contributed by atoms with E-state index in [2.05, 4.69) is 9.68 Å². The Bertz CT molecular complexity index is 1170. The molecule has 0 bridgehead atoms. The van der Waals surface area contributed by atoms with Crippen LogP contribution >= 0.6 is 0 Å². The van der Waals surface area contributed by atoms with Gasteiger partial charge in [-0.3, -0.25) is 0 Å². The molecule has 11 heteroatoms. The molecule has 0 aliphatic rings. The van der Waals surface area contributed by atoms with Gasteiger partial charge in [-0.25, -0.2) is 22.3 Å². The molecule has 0 aliphatic carbocycles. The number of rotatable bonds is 3. The summed E-state index contributed by atoms with van der Waals surface area (Å²) in [6, 6.07) is 6.64. The van der Waals surface area contributed by atoms with Crippen LogP contribution in [-0.2, 0) is 16.2 Å². The number of halogens is 5. The number of primary sulfonamides is 1. The molecular formula is C17H11F5N2O3S. The number of sulfonamides is 1. The Labute approximate surface area is 155 Å². The van der Waals surface area contributed by atoms with Gasteiger partial charge in [0.15, 0.2) is 0 Å². The summed E-state index contributed by atoms with van der Waals surface area (Å²) in [6.45, 7) is 1.68. The Morgan fingerprint density at radius 1 is 1.07 bits per heavy atom. The summed E-state index contributed by atoms with van der Waals surface area (Å²) in [5.74, 6) is -4.60. The molecule has 5 nitrogen and oxygen atoms in total. The molecule has 0 saturated carbocycles. The van der Waals surface area contributed by atoms with Crippen LogP contribution in [0.3, 0.4) is 0 Å². The van der Waals surface area contributed by atoms with E-state index in [9.17, 15) is 30.4 Å². The van der Waals surface area contributed by atoms with Gasteiger partial charge in [-0.05, 0) is 25.1 Å². The Balaban J connectivity index is 2.35. The summed E-state index contributed by atoms with van der Waals surface area (Å²) in [5.41, 5.74) is -1.25. The first-order valence-electron chi connectivity index (χ1n) is 7.55. The quantitative estimate of drug-likeness (QED) is 0.644. The Hall–Kier alpha value is -2.79. The van der Waals surface area contributed by atoms with E-state index in [-0.39, 0.29) is 17.3 Å². The number of aryl methyl sites for hydroxylation is 1. The highest BCUT2D eigenvalue weighted by atomic mass is 32.2. The molecule has 0 spiro atoms. The molecule has 1 aromatic heterocycles. The molecule has 0 saturated heterocycles. The van der Waals surface area contributed by atoms with E-state index in [0.29, 0.717) is 11.6 Å². The zero-order valence-electron chi connectivity index (χ0n) is 14.0. The molecule has 148 valence electrons. The molecule has 0 radical (unpaired) electrons. The average Bonchev–Trinajstić information content (AvgIpc) is 3.00. The fourth-order valence-corrected chi connectivity index (χ4v) is 3.26. The Morgan fingerprint density at radius 3 is 2.32 bits per heavy atom. The largest absolute Gasteiger partial charge is 0.453 e. The van der Waals surface area contributed by atoms with Gasteiger partial charge in [-0.1, -0.05) is 28.9 Å². The van der Waals surface area contributed by atoms with Crippen LogP contribution in [0, 0.1) is 18.6 Å². The fraction of sp³-hybridized carbons (Fsp3) is 0.118. The predicted octanol–water partition coefficient (Wildman–Crippen LogP) is 4.26. The SMILES string of the molecule is Cc1cccc(-c2noc(C(F)(F)F)c2-c2cc(F)c(S(N)(=O)=O)cc2F)c1. The van der Waals surface area contributed by atoms with Crippen LogP contribution in [0.2, 0.25) is 0 Å². The second kappa shape index (κ2) is 6.67. The number of nitrogens with two attached hydrogens (primary N) is 1. The third-order valence-electron chi connectivity index (χ3n) is 3.84. The zero-order chi connectivity index (χ0) is 20.9. The van der Waals surface area contributed by atoms with Crippen molar-refractivity contribution in [3.05, 3.63) is 59.4 Å². The molecule has 0 aliphatic heterocycles. The van der Waals surface area contributed by atoms with Crippen molar-refractivity contribution < 1.29 is 34.9 Å². The number of benzene rings is 2. The van der Waals surface area contributed by atoms with Crippen molar-refractivity contribution in [3.63, 3.8) is 0 Å². The zero-order valence-corrected chi connectivity index (χ0v) is 14.8. The van der Waals surface area contributed by atoms with Crippen LogP contribution in [0.4, 0.5) is 22.0 Å². The fourth-order valence-electron chi connectivity index (χ4n) is 2.66. The van der Waals surface area contributed by atoms with Gasteiger partial charge in [0.1, 0.15) is 22.2 Å². The molecule has 0 fully saturated rings. The van der Waals surface area contributed by atoms with Crippen molar-refractivity contribution in [2.45, 2.75) is 18.0 Å². The first kappa shape index (κ1) is 20.0. The highest BCUT2D eigenvalue weighted by Crippen LogP contribution is 2.44. The smallest absolute Gasteiger partial charge is 0.350 e. The van der Waals surface area contributed by atoms with E-state index in [4.69, 9.17) is 5.14 Å². The third-order valence-corrected chi connectivity index (χ3v) is 4.76. The lowest BCUT2D eigenvalue weighted by Gasteiger charge is -2.10. The molecule has 0 amide bonds. The van der Waals surface area contributed by atoms with E-state index in [1.165, 1.54) is 18.2 Å². The lowest BCUT2D eigenvalue weighted by Crippen LogP contribution is -2.15. The maximum atomic E-state index is 14.5. The van der Waals surface area contributed by atoms with Crippen molar-refractivity contribution in [1.82, 2.24) is 5.16 Å². The lowest BCUT2D eigenvalue weighted by molar-refractivity contribution is -0.154. The second-order valence-corrected chi connectivity index (χ2v) is 7.44. The molecule has 2 aromatic carbocycles.